The van der Waals surface area contributed by atoms with Gasteiger partial charge in [0.1, 0.15) is 0 Å². The first-order valence-corrected chi connectivity index (χ1v) is 12.4. The van der Waals surface area contributed by atoms with Gasteiger partial charge in [0.2, 0.25) is 0 Å². The zero-order valence-corrected chi connectivity index (χ0v) is 19.7. The average Bonchev–Trinajstić information content (AvgIpc) is 2.57. The molecule has 2 aromatic carbocycles. The normalized spacial score (nSPS) is 14.5. The van der Waals surface area contributed by atoms with E-state index in [1.165, 1.54) is 20.9 Å². The lowest BCUT2D eigenvalue weighted by Gasteiger charge is -2.35. The van der Waals surface area contributed by atoms with Crippen LogP contribution in [0.5, 0.6) is 0 Å². The number of fused-ring (bicyclic) bond motifs is 2. The van der Waals surface area contributed by atoms with Crippen molar-refractivity contribution in [2.75, 3.05) is 17.2 Å². The average molecular weight is 434 g/mol. The van der Waals surface area contributed by atoms with Crippen molar-refractivity contribution >= 4 is 33.3 Å². The Bertz CT molecular complexity index is 952. The lowest BCUT2D eigenvalue weighted by atomic mass is 9.86. The molecule has 0 saturated carbocycles. The zero-order valence-electron chi connectivity index (χ0n) is 18.1. The summed E-state index contributed by atoms with van der Waals surface area (Å²) in [6.07, 6.45) is 0.366. The smallest absolute Gasteiger partial charge is 0.264 e. The molecule has 1 aliphatic heterocycles. The first-order valence-electron chi connectivity index (χ1n) is 9.95. The zero-order chi connectivity index (χ0) is 21.6. The van der Waals surface area contributed by atoms with E-state index in [9.17, 15) is 8.42 Å². The summed E-state index contributed by atoms with van der Waals surface area (Å²) in [5.74, 6) is -0.235. The number of benzene rings is 2. The maximum atomic E-state index is 11.2. The standard InChI is InChI=1S/C23H31NO3S2/c1-22(2,3)16-8-10-18-20(14-16)28-21-15-17(23(4,5)6)9-11-19(21)24(18)12-7-13-29(25,26)27/h8-11,14-15H,7,12-13H2,1-6H3,(H,25,26,27). The molecule has 0 aromatic heterocycles. The number of nitrogens with zero attached hydrogens (tertiary/aromatic N) is 1. The van der Waals surface area contributed by atoms with Gasteiger partial charge in [-0.1, -0.05) is 65.4 Å². The molecule has 1 aliphatic rings. The molecule has 1 N–H and O–H groups in total. The number of rotatable bonds is 4. The van der Waals surface area contributed by atoms with Crippen molar-refractivity contribution in [3.63, 3.8) is 0 Å². The molecule has 0 spiro atoms. The maximum Gasteiger partial charge on any atom is 0.264 e. The fourth-order valence-corrected chi connectivity index (χ4v) is 5.13. The minimum atomic E-state index is -3.96. The SMILES string of the molecule is CC(C)(C)c1ccc2c(c1)Sc1cc(C(C)(C)C)ccc1N2CCCS(=O)(=O)O. The van der Waals surface area contributed by atoms with E-state index in [1.54, 1.807) is 11.8 Å². The molecule has 0 aliphatic carbocycles. The summed E-state index contributed by atoms with van der Waals surface area (Å²) in [5.41, 5.74) is 4.84. The Morgan fingerprint density at radius 2 is 1.31 bits per heavy atom. The van der Waals surface area contributed by atoms with Crippen molar-refractivity contribution < 1.29 is 13.0 Å². The predicted molar refractivity (Wildman–Crippen MR) is 122 cm³/mol. The predicted octanol–water partition coefficient (Wildman–Crippen LogP) is 6.16. The van der Waals surface area contributed by atoms with Crippen LogP contribution < -0.4 is 4.90 Å². The van der Waals surface area contributed by atoms with Crippen LogP contribution in [0.4, 0.5) is 11.4 Å². The molecular formula is C23H31NO3S2. The van der Waals surface area contributed by atoms with E-state index in [0.29, 0.717) is 13.0 Å². The van der Waals surface area contributed by atoms with Gasteiger partial charge < -0.3 is 4.90 Å². The van der Waals surface area contributed by atoms with E-state index in [4.69, 9.17) is 4.55 Å². The number of anilines is 2. The van der Waals surface area contributed by atoms with Crippen LogP contribution in [0.1, 0.15) is 59.1 Å². The van der Waals surface area contributed by atoms with E-state index < -0.39 is 10.1 Å². The van der Waals surface area contributed by atoms with E-state index in [1.807, 2.05) is 0 Å². The molecule has 0 atom stereocenters. The van der Waals surface area contributed by atoms with Crippen LogP contribution >= 0.6 is 11.8 Å². The topological polar surface area (TPSA) is 57.6 Å². The minimum absolute atomic E-state index is 0.0545. The van der Waals surface area contributed by atoms with Gasteiger partial charge in [-0.15, -0.1) is 0 Å². The molecule has 0 bridgehead atoms. The molecule has 0 saturated heterocycles. The van der Waals surface area contributed by atoms with Gasteiger partial charge in [-0.3, -0.25) is 4.55 Å². The monoisotopic (exact) mass is 433 g/mol. The molecule has 3 rings (SSSR count). The molecule has 158 valence electrons. The van der Waals surface area contributed by atoms with Crippen LogP contribution in [-0.2, 0) is 20.9 Å². The third-order valence-corrected chi connectivity index (χ3v) is 7.14. The molecule has 2 aromatic rings. The van der Waals surface area contributed by atoms with E-state index in [-0.39, 0.29) is 16.6 Å². The van der Waals surface area contributed by atoms with Crippen LogP contribution in [-0.4, -0.2) is 25.3 Å². The van der Waals surface area contributed by atoms with Gasteiger partial charge in [0.15, 0.2) is 0 Å². The quantitative estimate of drug-likeness (QED) is 0.585. The van der Waals surface area contributed by atoms with Crippen LogP contribution in [0.15, 0.2) is 46.2 Å². The summed E-state index contributed by atoms with van der Waals surface area (Å²) < 4.78 is 31.6. The molecule has 0 amide bonds. The largest absolute Gasteiger partial charge is 0.340 e. The molecule has 4 nitrogen and oxygen atoms in total. The summed E-state index contributed by atoms with van der Waals surface area (Å²) in [7, 11) is -3.96. The Kier molecular flexibility index (Phi) is 5.84. The summed E-state index contributed by atoms with van der Waals surface area (Å²) in [4.78, 5) is 4.55. The number of hydrogen-bond acceptors (Lipinski definition) is 4. The summed E-state index contributed by atoms with van der Waals surface area (Å²) in [6.45, 7) is 13.8. The second kappa shape index (κ2) is 7.64. The van der Waals surface area contributed by atoms with Gasteiger partial charge in [0.25, 0.3) is 10.1 Å². The Morgan fingerprint density at radius 3 is 1.69 bits per heavy atom. The van der Waals surface area contributed by atoms with E-state index >= 15 is 0 Å². The molecule has 6 heteroatoms. The summed E-state index contributed by atoms with van der Waals surface area (Å²) in [5, 5.41) is 0. The van der Waals surface area contributed by atoms with Crippen molar-refractivity contribution in [1.29, 1.82) is 0 Å². The Hall–Kier alpha value is -1.50. The van der Waals surface area contributed by atoms with Gasteiger partial charge in [-0.2, -0.15) is 8.42 Å². The molecule has 0 fully saturated rings. The van der Waals surface area contributed by atoms with Gasteiger partial charge in [-0.25, -0.2) is 0 Å². The highest BCUT2D eigenvalue weighted by Crippen LogP contribution is 2.50. The third kappa shape index (κ3) is 5.16. The second-order valence-electron chi connectivity index (χ2n) is 9.76. The van der Waals surface area contributed by atoms with Crippen molar-refractivity contribution in [3.8, 4) is 0 Å². The minimum Gasteiger partial charge on any atom is -0.340 e. The summed E-state index contributed by atoms with van der Waals surface area (Å²) in [6, 6.07) is 13.1. The highest BCUT2D eigenvalue weighted by atomic mass is 32.2. The lowest BCUT2D eigenvalue weighted by molar-refractivity contribution is 0.481. The Morgan fingerprint density at radius 1 is 0.862 bits per heavy atom. The lowest BCUT2D eigenvalue weighted by Crippen LogP contribution is -2.25. The second-order valence-corrected chi connectivity index (χ2v) is 12.4. The molecule has 0 unspecified atom stereocenters. The van der Waals surface area contributed by atoms with Gasteiger partial charge in [-0.05, 0) is 52.6 Å². The van der Waals surface area contributed by atoms with E-state index in [0.717, 1.165) is 11.4 Å². The Balaban J connectivity index is 2.05. The van der Waals surface area contributed by atoms with Crippen LogP contribution in [0.2, 0.25) is 0 Å². The van der Waals surface area contributed by atoms with Crippen LogP contribution in [0, 0.1) is 0 Å². The van der Waals surface area contributed by atoms with Crippen molar-refractivity contribution in [2.45, 2.75) is 68.6 Å². The fraction of sp³-hybridized carbons (Fsp3) is 0.478. The molecule has 1 heterocycles. The highest BCUT2D eigenvalue weighted by Gasteiger charge is 2.27. The van der Waals surface area contributed by atoms with Gasteiger partial charge in [0.05, 0.1) is 17.1 Å². The first-order chi connectivity index (χ1) is 13.3. The maximum absolute atomic E-state index is 11.2. The highest BCUT2D eigenvalue weighted by molar-refractivity contribution is 7.99. The van der Waals surface area contributed by atoms with Gasteiger partial charge in [0, 0.05) is 16.3 Å². The van der Waals surface area contributed by atoms with Crippen molar-refractivity contribution in [2.24, 2.45) is 0 Å². The first kappa shape index (κ1) is 22.2. The van der Waals surface area contributed by atoms with Crippen molar-refractivity contribution in [1.82, 2.24) is 0 Å². The molecule has 29 heavy (non-hydrogen) atoms. The Labute approximate surface area is 179 Å². The van der Waals surface area contributed by atoms with Gasteiger partial charge >= 0.3 is 0 Å². The fourth-order valence-electron chi connectivity index (χ4n) is 3.46. The van der Waals surface area contributed by atoms with Crippen molar-refractivity contribution in [3.05, 3.63) is 47.5 Å². The van der Waals surface area contributed by atoms with Crippen LogP contribution in [0.25, 0.3) is 0 Å². The van der Waals surface area contributed by atoms with E-state index in [2.05, 4.69) is 82.8 Å². The number of hydrogen-bond donors (Lipinski definition) is 1. The van der Waals surface area contributed by atoms with Crippen LogP contribution in [0.3, 0.4) is 0 Å². The third-order valence-electron chi connectivity index (χ3n) is 5.24. The summed E-state index contributed by atoms with van der Waals surface area (Å²) >= 11 is 1.78. The molecular weight excluding hydrogens is 402 g/mol. The molecule has 0 radical (unpaired) electrons.